The molecule has 156 valence electrons. The van der Waals surface area contributed by atoms with Crippen LogP contribution in [-0.4, -0.2) is 43.6 Å². The molecule has 0 saturated carbocycles. The van der Waals surface area contributed by atoms with Gasteiger partial charge in [0.25, 0.3) is 5.91 Å². The molecule has 2 aromatic carbocycles. The fraction of sp³-hybridized carbons (Fsp3) is 0.320. The molecule has 1 aliphatic rings. The molecular weight excluding hydrogens is 376 g/mol. The van der Waals surface area contributed by atoms with E-state index < -0.39 is 0 Å². The number of amides is 1. The summed E-state index contributed by atoms with van der Waals surface area (Å²) in [4.78, 5) is 17.6. The number of carbonyl (C=O) groups excluding carboxylic acids is 1. The number of anilines is 1. The van der Waals surface area contributed by atoms with Gasteiger partial charge in [-0.15, -0.1) is 0 Å². The summed E-state index contributed by atoms with van der Waals surface area (Å²) < 4.78 is 10.7. The Kier molecular flexibility index (Phi) is 6.50. The van der Waals surface area contributed by atoms with Crippen LogP contribution in [0, 0.1) is 0 Å². The molecule has 1 saturated heterocycles. The number of nitrogens with zero attached hydrogens (tertiary/aromatic N) is 2. The van der Waals surface area contributed by atoms with Gasteiger partial charge < -0.3 is 19.0 Å². The number of likely N-dealkylation sites (tertiary alicyclic amines) is 1. The fourth-order valence-corrected chi connectivity index (χ4v) is 4.12. The van der Waals surface area contributed by atoms with Crippen LogP contribution in [0.1, 0.15) is 29.0 Å². The van der Waals surface area contributed by atoms with E-state index in [4.69, 9.17) is 9.15 Å². The third-order valence-electron chi connectivity index (χ3n) is 5.76. The Labute approximate surface area is 177 Å². The number of ether oxygens (including phenoxy) is 1. The molecule has 0 bridgehead atoms. The second-order valence-corrected chi connectivity index (χ2v) is 7.66. The third kappa shape index (κ3) is 4.74. The maximum atomic E-state index is 13.2. The van der Waals surface area contributed by atoms with Gasteiger partial charge in [0.2, 0.25) is 0 Å². The SMILES string of the molecule is COc1cccc(CCN2CCC(N(C(=O)c3ccco3)c3ccccc3)CC2)c1. The summed E-state index contributed by atoms with van der Waals surface area (Å²) in [5.41, 5.74) is 2.21. The number of hydrogen-bond acceptors (Lipinski definition) is 4. The predicted molar refractivity (Wildman–Crippen MR) is 118 cm³/mol. The molecule has 0 atom stereocenters. The highest BCUT2D eigenvalue weighted by atomic mass is 16.5. The molecule has 0 unspecified atom stereocenters. The summed E-state index contributed by atoms with van der Waals surface area (Å²) in [5, 5.41) is 0. The first kappa shape index (κ1) is 20.2. The van der Waals surface area contributed by atoms with Gasteiger partial charge in [0, 0.05) is 31.4 Å². The lowest BCUT2D eigenvalue weighted by atomic mass is 10.0. The first-order chi connectivity index (χ1) is 14.7. The summed E-state index contributed by atoms with van der Waals surface area (Å²) >= 11 is 0. The van der Waals surface area contributed by atoms with E-state index in [1.807, 2.05) is 47.4 Å². The van der Waals surface area contributed by atoms with Gasteiger partial charge in [-0.05, 0) is 61.2 Å². The molecule has 0 aliphatic carbocycles. The van der Waals surface area contributed by atoms with Crippen LogP contribution in [0.3, 0.4) is 0 Å². The summed E-state index contributed by atoms with van der Waals surface area (Å²) in [6, 6.07) is 21.8. The van der Waals surface area contributed by atoms with Gasteiger partial charge in [-0.25, -0.2) is 0 Å². The Morgan fingerprint density at radius 3 is 2.57 bits per heavy atom. The van der Waals surface area contributed by atoms with Gasteiger partial charge in [-0.1, -0.05) is 30.3 Å². The topological polar surface area (TPSA) is 45.9 Å². The summed E-state index contributed by atoms with van der Waals surface area (Å²) in [5.74, 6) is 1.22. The van der Waals surface area contributed by atoms with Crippen LogP contribution in [0.25, 0.3) is 0 Å². The zero-order valence-electron chi connectivity index (χ0n) is 17.4. The van der Waals surface area contributed by atoms with Crippen LogP contribution < -0.4 is 9.64 Å². The minimum absolute atomic E-state index is 0.0685. The molecule has 0 spiro atoms. The monoisotopic (exact) mass is 404 g/mol. The number of benzene rings is 2. The molecular formula is C25H28N2O3. The van der Waals surface area contributed by atoms with E-state index in [1.54, 1.807) is 25.5 Å². The second-order valence-electron chi connectivity index (χ2n) is 7.66. The largest absolute Gasteiger partial charge is 0.497 e. The molecule has 1 amide bonds. The molecule has 5 heteroatoms. The van der Waals surface area contributed by atoms with Crippen molar-refractivity contribution in [3.05, 3.63) is 84.3 Å². The minimum Gasteiger partial charge on any atom is -0.497 e. The fourth-order valence-electron chi connectivity index (χ4n) is 4.12. The van der Waals surface area contributed by atoms with E-state index >= 15 is 0 Å². The van der Waals surface area contributed by atoms with Gasteiger partial charge in [-0.2, -0.15) is 0 Å². The van der Waals surface area contributed by atoms with Crippen molar-refractivity contribution < 1.29 is 13.9 Å². The highest BCUT2D eigenvalue weighted by Gasteiger charge is 2.30. The van der Waals surface area contributed by atoms with Gasteiger partial charge in [0.05, 0.1) is 13.4 Å². The second kappa shape index (κ2) is 9.63. The van der Waals surface area contributed by atoms with Crippen LogP contribution in [-0.2, 0) is 6.42 Å². The van der Waals surface area contributed by atoms with E-state index in [0.717, 1.165) is 50.3 Å². The van der Waals surface area contributed by atoms with Crippen molar-refractivity contribution in [3.63, 3.8) is 0 Å². The summed E-state index contributed by atoms with van der Waals surface area (Å²) in [6.45, 7) is 2.96. The zero-order chi connectivity index (χ0) is 20.8. The van der Waals surface area contributed by atoms with Crippen molar-refractivity contribution in [1.29, 1.82) is 0 Å². The number of methoxy groups -OCH3 is 1. The normalized spacial score (nSPS) is 15.1. The Bertz CT molecular complexity index is 932. The van der Waals surface area contributed by atoms with Crippen LogP contribution in [0.4, 0.5) is 5.69 Å². The van der Waals surface area contributed by atoms with Gasteiger partial charge in [0.15, 0.2) is 5.76 Å². The standard InChI is InChI=1S/C25H28N2O3/c1-29-23-10-5-7-20(19-23)12-15-26-16-13-22(14-17-26)27(21-8-3-2-4-9-21)25(28)24-11-6-18-30-24/h2-11,18-19,22H,12-17H2,1H3. The molecule has 30 heavy (non-hydrogen) atoms. The van der Waals surface area contributed by atoms with Crippen molar-refractivity contribution >= 4 is 11.6 Å². The molecule has 1 aliphatic heterocycles. The van der Waals surface area contributed by atoms with Crippen molar-refractivity contribution in [2.24, 2.45) is 0 Å². The minimum atomic E-state index is -0.0685. The Hall–Kier alpha value is -3.05. The van der Waals surface area contributed by atoms with E-state index in [1.165, 1.54) is 5.56 Å². The quantitative estimate of drug-likeness (QED) is 0.575. The molecule has 0 N–H and O–H groups in total. The molecule has 0 radical (unpaired) electrons. The average molecular weight is 405 g/mol. The Morgan fingerprint density at radius 2 is 1.87 bits per heavy atom. The number of piperidine rings is 1. The molecule has 3 aromatic rings. The van der Waals surface area contributed by atoms with E-state index in [0.29, 0.717) is 5.76 Å². The highest BCUT2D eigenvalue weighted by molar-refractivity contribution is 6.04. The van der Waals surface area contributed by atoms with Crippen molar-refractivity contribution in [2.75, 3.05) is 31.6 Å². The van der Waals surface area contributed by atoms with E-state index in [2.05, 4.69) is 17.0 Å². The maximum absolute atomic E-state index is 13.2. The van der Waals surface area contributed by atoms with E-state index in [9.17, 15) is 4.79 Å². The zero-order valence-corrected chi connectivity index (χ0v) is 17.4. The molecule has 4 rings (SSSR count). The lowest BCUT2D eigenvalue weighted by Crippen LogP contribution is -2.48. The third-order valence-corrected chi connectivity index (χ3v) is 5.76. The van der Waals surface area contributed by atoms with Crippen LogP contribution in [0.15, 0.2) is 77.4 Å². The van der Waals surface area contributed by atoms with Gasteiger partial charge >= 0.3 is 0 Å². The number of rotatable bonds is 7. The smallest absolute Gasteiger partial charge is 0.294 e. The number of hydrogen-bond donors (Lipinski definition) is 0. The van der Waals surface area contributed by atoms with Crippen molar-refractivity contribution in [1.82, 2.24) is 4.90 Å². The summed E-state index contributed by atoms with van der Waals surface area (Å²) in [6.07, 6.45) is 4.44. The molecule has 1 fully saturated rings. The van der Waals surface area contributed by atoms with Gasteiger partial charge in [0.1, 0.15) is 5.75 Å². The van der Waals surface area contributed by atoms with E-state index in [-0.39, 0.29) is 11.9 Å². The lowest BCUT2D eigenvalue weighted by molar-refractivity contribution is 0.0933. The number of furan rings is 1. The lowest BCUT2D eigenvalue weighted by Gasteiger charge is -2.38. The first-order valence-electron chi connectivity index (χ1n) is 10.5. The molecule has 5 nitrogen and oxygen atoms in total. The number of carbonyl (C=O) groups is 1. The highest BCUT2D eigenvalue weighted by Crippen LogP contribution is 2.26. The van der Waals surface area contributed by atoms with Crippen LogP contribution in [0.2, 0.25) is 0 Å². The first-order valence-corrected chi connectivity index (χ1v) is 10.5. The number of para-hydroxylation sites is 1. The molecule has 1 aromatic heterocycles. The summed E-state index contributed by atoms with van der Waals surface area (Å²) in [7, 11) is 1.70. The predicted octanol–water partition coefficient (Wildman–Crippen LogP) is 4.64. The average Bonchev–Trinajstić information content (AvgIpc) is 3.35. The van der Waals surface area contributed by atoms with Crippen molar-refractivity contribution in [2.45, 2.75) is 25.3 Å². The van der Waals surface area contributed by atoms with Crippen molar-refractivity contribution in [3.8, 4) is 5.75 Å². The van der Waals surface area contributed by atoms with Gasteiger partial charge in [-0.3, -0.25) is 4.79 Å². The molecule has 2 heterocycles. The van der Waals surface area contributed by atoms with Crippen LogP contribution in [0.5, 0.6) is 5.75 Å². The maximum Gasteiger partial charge on any atom is 0.294 e. The Balaban J connectivity index is 1.39. The van der Waals surface area contributed by atoms with Crippen LogP contribution >= 0.6 is 0 Å². The Morgan fingerprint density at radius 1 is 1.07 bits per heavy atom.